The van der Waals surface area contributed by atoms with Crippen LogP contribution in [0.3, 0.4) is 0 Å². The van der Waals surface area contributed by atoms with E-state index in [1.807, 2.05) is 0 Å². The lowest BCUT2D eigenvalue weighted by Gasteiger charge is -2.18. The fourth-order valence-corrected chi connectivity index (χ4v) is 2.68. The first-order valence-electron chi connectivity index (χ1n) is 6.66. The third-order valence-corrected chi connectivity index (χ3v) is 3.84. The molecule has 0 unspecified atom stereocenters. The van der Waals surface area contributed by atoms with Gasteiger partial charge in [0, 0.05) is 0 Å². The van der Waals surface area contributed by atoms with Gasteiger partial charge in [-0.2, -0.15) is 0 Å². The van der Waals surface area contributed by atoms with Crippen molar-refractivity contribution >= 4 is 11.2 Å². The number of nitrogens with one attached hydrogen (secondary N) is 2. The summed E-state index contributed by atoms with van der Waals surface area (Å²) in [5.41, 5.74) is 5.01. The van der Waals surface area contributed by atoms with Crippen molar-refractivity contribution in [3.8, 4) is 0 Å². The maximum Gasteiger partial charge on any atom is 0.293 e. The zero-order valence-corrected chi connectivity index (χ0v) is 11.8. The number of H-pyrrole nitrogens is 1. The van der Waals surface area contributed by atoms with Crippen LogP contribution in [-0.2, 0) is 4.74 Å². The van der Waals surface area contributed by atoms with Gasteiger partial charge in [-0.1, -0.05) is 6.08 Å². The second-order valence-electron chi connectivity index (χ2n) is 5.02. The molecule has 3 heterocycles. The lowest BCUT2D eigenvalue weighted by atomic mass is 9.96. The first kappa shape index (κ1) is 15.2. The molecule has 0 amide bonds. The van der Waals surface area contributed by atoms with Gasteiger partial charge in [-0.05, 0) is 0 Å². The molecule has 4 atom stereocenters. The largest absolute Gasteiger partial charge is 0.391 e. The number of ether oxygens (including phenoxy) is 1. The van der Waals surface area contributed by atoms with Crippen LogP contribution in [0.15, 0.2) is 35.2 Å². The normalized spacial score (nSPS) is 30.3. The molecule has 0 aliphatic carbocycles. The van der Waals surface area contributed by atoms with Gasteiger partial charge in [0.15, 0.2) is 16.3 Å². The fraction of sp³-hybridized carbons (Fsp3) is 0.417. The number of aliphatic hydroxyl groups excluding tert-OH is 2. The Labute approximate surface area is 128 Å². The van der Waals surface area contributed by atoms with Crippen LogP contribution < -0.4 is 10.5 Å². The van der Waals surface area contributed by atoms with E-state index in [1.165, 1.54) is 23.3 Å². The third-order valence-electron chi connectivity index (χ3n) is 3.84. The van der Waals surface area contributed by atoms with Gasteiger partial charge in [-0.25, -0.2) is 9.97 Å². The highest BCUT2D eigenvalue weighted by Crippen LogP contribution is 2.43. The standard InChI is InChI=1S/C12H13N7O4/c1-2-6-8(21)12(3-20,17-18-13)23-11(6)19-5-16-7-9(19)14-4-15-10(7)22/h2,4-6,8,11,13,20-21H,1,3H2/p+1/t6-,8-,11+,12+/m0/s1. The van der Waals surface area contributed by atoms with Crippen molar-refractivity contribution in [2.45, 2.75) is 18.1 Å². The number of aliphatic hydroxyl groups is 2. The Morgan fingerprint density at radius 3 is 3.09 bits per heavy atom. The predicted molar refractivity (Wildman–Crippen MR) is 75.1 cm³/mol. The molecule has 4 N–H and O–H groups in total. The zero-order valence-electron chi connectivity index (χ0n) is 11.8. The molecule has 1 aliphatic rings. The molecule has 23 heavy (non-hydrogen) atoms. The van der Waals surface area contributed by atoms with Gasteiger partial charge in [0.2, 0.25) is 4.91 Å². The molecule has 0 saturated carbocycles. The number of imidazole rings is 1. The van der Waals surface area contributed by atoms with Crippen LogP contribution in [0.1, 0.15) is 6.23 Å². The Kier molecular flexibility index (Phi) is 3.62. The first-order valence-corrected chi connectivity index (χ1v) is 6.66. The van der Waals surface area contributed by atoms with Gasteiger partial charge >= 0.3 is 0 Å². The summed E-state index contributed by atoms with van der Waals surface area (Å²) in [7, 11) is 0. The topological polar surface area (TPSA) is 164 Å². The van der Waals surface area contributed by atoms with Crippen LogP contribution in [0.2, 0.25) is 0 Å². The van der Waals surface area contributed by atoms with Crippen LogP contribution in [0.5, 0.6) is 0 Å². The van der Waals surface area contributed by atoms with E-state index < -0.39 is 36.1 Å². The minimum Gasteiger partial charge on any atom is -0.391 e. The Balaban J connectivity index is 2.14. The van der Waals surface area contributed by atoms with Crippen LogP contribution in [0.25, 0.3) is 11.2 Å². The minimum atomic E-state index is -1.79. The van der Waals surface area contributed by atoms with Crippen molar-refractivity contribution in [2.24, 2.45) is 11.0 Å². The van der Waals surface area contributed by atoms with Crippen LogP contribution in [-0.4, -0.2) is 48.2 Å². The Morgan fingerprint density at radius 2 is 2.43 bits per heavy atom. The number of nitrogens with zero attached hydrogens (tertiary/aromatic N) is 5. The summed E-state index contributed by atoms with van der Waals surface area (Å²) in [6.45, 7) is 2.97. The Morgan fingerprint density at radius 1 is 1.65 bits per heavy atom. The third kappa shape index (κ3) is 2.11. The van der Waals surface area contributed by atoms with Gasteiger partial charge in [0.05, 0.1) is 18.6 Å². The van der Waals surface area contributed by atoms with E-state index >= 15 is 0 Å². The number of aromatic amines is 1. The molecule has 11 nitrogen and oxygen atoms in total. The lowest BCUT2D eigenvalue weighted by Crippen LogP contribution is -2.43. The second-order valence-corrected chi connectivity index (χ2v) is 5.02. The molecular formula is C12H14N7O4+. The van der Waals surface area contributed by atoms with Gasteiger partial charge in [0.1, 0.15) is 24.5 Å². The average molecular weight is 320 g/mol. The van der Waals surface area contributed by atoms with E-state index in [-0.39, 0.29) is 11.2 Å². The molecule has 120 valence electrons. The smallest absolute Gasteiger partial charge is 0.293 e. The van der Waals surface area contributed by atoms with Gasteiger partial charge < -0.3 is 19.9 Å². The van der Waals surface area contributed by atoms with E-state index in [0.29, 0.717) is 0 Å². The van der Waals surface area contributed by atoms with E-state index in [1.54, 1.807) is 0 Å². The molecule has 0 aromatic carbocycles. The summed E-state index contributed by atoms with van der Waals surface area (Å²) >= 11 is 0. The highest BCUT2D eigenvalue weighted by Gasteiger charge is 2.58. The SMILES string of the molecule is C=C[C@@H]1[C@H](n2cnc3c(=O)[nH]cnc32)O[C@@](CO)(N=[N+]=N)[C@H]1O. The van der Waals surface area contributed by atoms with Gasteiger partial charge in [-0.3, -0.25) is 9.36 Å². The minimum absolute atomic E-state index is 0.108. The molecule has 0 radical (unpaired) electrons. The number of hydrogen-bond acceptors (Lipinski definition) is 8. The summed E-state index contributed by atoms with van der Waals surface area (Å²) in [6.07, 6.45) is 1.83. The Bertz CT molecular complexity index is 854. The number of hydrogen-bond donors (Lipinski definition) is 4. The molecule has 3 rings (SSSR count). The quantitative estimate of drug-likeness (QED) is 0.322. The fourth-order valence-electron chi connectivity index (χ4n) is 2.68. The van der Waals surface area contributed by atoms with Crippen LogP contribution >= 0.6 is 0 Å². The predicted octanol–water partition coefficient (Wildman–Crippen LogP) is -0.950. The summed E-state index contributed by atoms with van der Waals surface area (Å²) in [6, 6.07) is 0. The Hall–Kier alpha value is -2.72. The van der Waals surface area contributed by atoms with Crippen molar-refractivity contribution in [1.82, 2.24) is 24.4 Å². The van der Waals surface area contributed by atoms with Crippen LogP contribution in [0, 0.1) is 11.4 Å². The zero-order chi connectivity index (χ0) is 16.6. The van der Waals surface area contributed by atoms with Gasteiger partial charge in [-0.15, -0.1) is 6.58 Å². The highest BCUT2D eigenvalue weighted by atomic mass is 16.6. The molecule has 1 aliphatic heterocycles. The van der Waals surface area contributed by atoms with Crippen molar-refractivity contribution in [1.29, 1.82) is 5.53 Å². The molecule has 11 heteroatoms. The molecule has 0 bridgehead atoms. The van der Waals surface area contributed by atoms with Crippen molar-refractivity contribution < 1.29 is 14.9 Å². The number of aromatic nitrogens is 4. The van der Waals surface area contributed by atoms with Gasteiger partial charge in [0.25, 0.3) is 11.3 Å². The maximum absolute atomic E-state index is 11.7. The lowest BCUT2D eigenvalue weighted by molar-refractivity contribution is -0.126. The molecule has 2 aromatic rings. The van der Waals surface area contributed by atoms with Crippen molar-refractivity contribution in [2.75, 3.05) is 6.61 Å². The van der Waals surface area contributed by atoms with E-state index in [4.69, 9.17) is 10.3 Å². The van der Waals surface area contributed by atoms with E-state index in [0.717, 1.165) is 0 Å². The van der Waals surface area contributed by atoms with E-state index in [9.17, 15) is 15.0 Å². The van der Waals surface area contributed by atoms with Crippen LogP contribution in [0.4, 0.5) is 0 Å². The maximum atomic E-state index is 11.7. The van der Waals surface area contributed by atoms with Crippen molar-refractivity contribution in [3.05, 3.63) is 35.7 Å². The molecule has 0 spiro atoms. The highest BCUT2D eigenvalue weighted by molar-refractivity contribution is 5.68. The molecular weight excluding hydrogens is 306 g/mol. The number of fused-ring (bicyclic) bond motifs is 1. The number of rotatable bonds is 4. The average Bonchev–Trinajstić information content (AvgIpc) is 3.09. The molecule has 1 fully saturated rings. The summed E-state index contributed by atoms with van der Waals surface area (Å²) in [5, 5.41) is 23.5. The summed E-state index contributed by atoms with van der Waals surface area (Å²) in [5.74, 6) is -0.689. The summed E-state index contributed by atoms with van der Waals surface area (Å²) < 4.78 is 7.11. The summed E-state index contributed by atoms with van der Waals surface area (Å²) in [4.78, 5) is 25.0. The molecule has 1 saturated heterocycles. The van der Waals surface area contributed by atoms with E-state index in [2.05, 4.69) is 31.6 Å². The molecule has 2 aromatic heterocycles. The van der Waals surface area contributed by atoms with Crippen molar-refractivity contribution in [3.63, 3.8) is 0 Å². The first-order chi connectivity index (χ1) is 11.1. The second kappa shape index (κ2) is 5.48. The monoisotopic (exact) mass is 320 g/mol.